The Balaban J connectivity index is 1.86. The summed E-state index contributed by atoms with van der Waals surface area (Å²) in [6.45, 7) is 3.91. The van der Waals surface area contributed by atoms with Crippen LogP contribution in [0.3, 0.4) is 0 Å². The number of carbonyl (C=O) groups excluding carboxylic acids is 1. The molecule has 4 nitrogen and oxygen atoms in total. The number of nitrogens with zero attached hydrogens (tertiary/aromatic N) is 1. The van der Waals surface area contributed by atoms with Crippen LogP contribution in [0.5, 0.6) is 0 Å². The van der Waals surface area contributed by atoms with Crippen molar-refractivity contribution < 1.29 is 4.79 Å². The van der Waals surface area contributed by atoms with Crippen LogP contribution in [0.2, 0.25) is 5.02 Å². The molecule has 0 unspecified atom stereocenters. The summed E-state index contributed by atoms with van der Waals surface area (Å²) < 4.78 is 2.87. The Morgan fingerprint density at radius 2 is 2.12 bits per heavy atom. The van der Waals surface area contributed by atoms with Gasteiger partial charge < -0.3 is 9.88 Å². The second kappa shape index (κ2) is 6.25. The third kappa shape index (κ3) is 2.66. The number of halogens is 2. The molecule has 1 amide bonds. The number of rotatable bonds is 2. The molecule has 1 aliphatic rings. The van der Waals surface area contributed by atoms with Crippen LogP contribution in [0.1, 0.15) is 34.5 Å². The standard InChI is InChI=1S/C20H16BrClN2O2/c1-10-6-12-7-13(21)8-14-18(12)24(10)9-15(19(14)25)20(26)23-17-5-3-4-16(22)11(17)2/h3-5,7-10H,6H2,1-2H3,(H,23,26)/t10-/m1/s1. The van der Waals surface area contributed by atoms with Gasteiger partial charge >= 0.3 is 0 Å². The molecule has 4 rings (SSSR count). The van der Waals surface area contributed by atoms with Crippen molar-refractivity contribution in [3.63, 3.8) is 0 Å². The minimum atomic E-state index is -0.424. The molecule has 132 valence electrons. The number of anilines is 1. The smallest absolute Gasteiger partial charge is 0.261 e. The van der Waals surface area contributed by atoms with Crippen molar-refractivity contribution in [2.75, 3.05) is 5.32 Å². The Kier molecular flexibility index (Phi) is 4.16. The SMILES string of the molecule is Cc1c(Cl)cccc1NC(=O)c1cn2c3c(cc(Br)cc3c1=O)C[C@H]2C. The highest BCUT2D eigenvalue weighted by Gasteiger charge is 2.25. The second-order valence-electron chi connectivity index (χ2n) is 6.66. The van der Waals surface area contributed by atoms with Crippen LogP contribution in [0.25, 0.3) is 10.9 Å². The largest absolute Gasteiger partial charge is 0.343 e. The van der Waals surface area contributed by atoms with Crippen LogP contribution in [0.15, 0.2) is 45.8 Å². The summed E-state index contributed by atoms with van der Waals surface area (Å²) in [5.41, 5.74) is 3.29. The molecule has 2 aromatic carbocycles. The quantitative estimate of drug-likeness (QED) is 0.614. The summed E-state index contributed by atoms with van der Waals surface area (Å²) in [4.78, 5) is 25.8. The van der Waals surface area contributed by atoms with E-state index < -0.39 is 5.91 Å². The van der Waals surface area contributed by atoms with Gasteiger partial charge in [0.1, 0.15) is 5.56 Å². The Morgan fingerprint density at radius 3 is 2.88 bits per heavy atom. The fraction of sp³-hybridized carbons (Fsp3) is 0.200. The van der Waals surface area contributed by atoms with Gasteiger partial charge in [0.15, 0.2) is 0 Å². The van der Waals surface area contributed by atoms with Crippen molar-refractivity contribution in [2.45, 2.75) is 26.3 Å². The number of pyridine rings is 1. The maximum absolute atomic E-state index is 13.0. The van der Waals surface area contributed by atoms with E-state index in [1.807, 2.05) is 17.6 Å². The van der Waals surface area contributed by atoms with Gasteiger partial charge in [-0.3, -0.25) is 9.59 Å². The van der Waals surface area contributed by atoms with E-state index in [4.69, 9.17) is 11.6 Å². The van der Waals surface area contributed by atoms with Crippen LogP contribution in [-0.2, 0) is 6.42 Å². The first-order valence-corrected chi connectivity index (χ1v) is 9.47. The van der Waals surface area contributed by atoms with Gasteiger partial charge in [-0.25, -0.2) is 0 Å². The van der Waals surface area contributed by atoms with Crippen LogP contribution in [-0.4, -0.2) is 10.5 Å². The van der Waals surface area contributed by atoms with Crippen molar-refractivity contribution in [1.82, 2.24) is 4.57 Å². The minimum absolute atomic E-state index is 0.134. The molecule has 26 heavy (non-hydrogen) atoms. The Morgan fingerprint density at radius 1 is 1.35 bits per heavy atom. The first-order valence-electron chi connectivity index (χ1n) is 8.30. The lowest BCUT2D eigenvalue weighted by Gasteiger charge is -2.14. The molecule has 0 spiro atoms. The summed E-state index contributed by atoms with van der Waals surface area (Å²) in [6.07, 6.45) is 2.52. The highest BCUT2D eigenvalue weighted by atomic mass is 79.9. The number of amides is 1. The zero-order valence-corrected chi connectivity index (χ0v) is 16.6. The number of hydrogen-bond donors (Lipinski definition) is 1. The maximum atomic E-state index is 13.0. The molecular weight excluding hydrogens is 416 g/mol. The topological polar surface area (TPSA) is 51.1 Å². The van der Waals surface area contributed by atoms with Gasteiger partial charge in [0.05, 0.1) is 5.52 Å². The molecule has 0 fully saturated rings. The highest BCUT2D eigenvalue weighted by molar-refractivity contribution is 9.10. The fourth-order valence-electron chi connectivity index (χ4n) is 3.56. The molecule has 1 atom stereocenters. The van der Waals surface area contributed by atoms with Crippen molar-refractivity contribution in [1.29, 1.82) is 0 Å². The lowest BCUT2D eigenvalue weighted by atomic mass is 10.1. The van der Waals surface area contributed by atoms with E-state index in [1.165, 1.54) is 0 Å². The van der Waals surface area contributed by atoms with E-state index >= 15 is 0 Å². The summed E-state index contributed by atoms with van der Waals surface area (Å²) in [5.74, 6) is -0.424. The van der Waals surface area contributed by atoms with E-state index in [1.54, 1.807) is 30.5 Å². The molecule has 6 heteroatoms. The number of nitrogens with one attached hydrogen (secondary N) is 1. The van der Waals surface area contributed by atoms with Gasteiger partial charge in [-0.1, -0.05) is 33.6 Å². The van der Waals surface area contributed by atoms with Gasteiger partial charge in [0.25, 0.3) is 5.91 Å². The highest BCUT2D eigenvalue weighted by Crippen LogP contribution is 2.33. The predicted octanol–water partition coefficient (Wildman–Crippen LogP) is 5.10. The summed E-state index contributed by atoms with van der Waals surface area (Å²) in [6, 6.07) is 9.33. The number of benzene rings is 2. The molecule has 2 heterocycles. The van der Waals surface area contributed by atoms with Crippen LogP contribution >= 0.6 is 27.5 Å². The summed E-state index contributed by atoms with van der Waals surface area (Å²) in [7, 11) is 0. The zero-order valence-electron chi connectivity index (χ0n) is 14.3. The first-order chi connectivity index (χ1) is 12.4. The molecule has 0 bridgehead atoms. The number of carbonyl (C=O) groups is 1. The average Bonchev–Trinajstić information content (AvgIpc) is 2.90. The van der Waals surface area contributed by atoms with E-state index in [0.717, 1.165) is 27.5 Å². The zero-order chi connectivity index (χ0) is 18.6. The van der Waals surface area contributed by atoms with Crippen molar-refractivity contribution in [2.24, 2.45) is 0 Å². The van der Waals surface area contributed by atoms with Gasteiger partial charge in [-0.15, -0.1) is 0 Å². The molecule has 0 saturated heterocycles. The van der Waals surface area contributed by atoms with E-state index in [9.17, 15) is 9.59 Å². The van der Waals surface area contributed by atoms with E-state index in [-0.39, 0.29) is 17.0 Å². The fourth-order valence-corrected chi connectivity index (χ4v) is 4.23. The minimum Gasteiger partial charge on any atom is -0.343 e. The Labute approximate surface area is 163 Å². The van der Waals surface area contributed by atoms with Crippen LogP contribution in [0, 0.1) is 6.92 Å². The molecular formula is C20H16BrClN2O2. The van der Waals surface area contributed by atoms with Gasteiger partial charge in [-0.2, -0.15) is 0 Å². The predicted molar refractivity (Wildman–Crippen MR) is 108 cm³/mol. The first kappa shape index (κ1) is 17.3. The maximum Gasteiger partial charge on any atom is 0.261 e. The van der Waals surface area contributed by atoms with Gasteiger partial charge in [0, 0.05) is 32.8 Å². The van der Waals surface area contributed by atoms with Crippen LogP contribution in [0.4, 0.5) is 5.69 Å². The van der Waals surface area contributed by atoms with E-state index in [0.29, 0.717) is 16.1 Å². The molecule has 3 aromatic rings. The van der Waals surface area contributed by atoms with Crippen LogP contribution < -0.4 is 10.7 Å². The summed E-state index contributed by atoms with van der Waals surface area (Å²) in [5, 5.41) is 3.95. The third-order valence-electron chi connectivity index (χ3n) is 4.92. The molecule has 0 radical (unpaired) electrons. The molecule has 1 N–H and O–H groups in total. The van der Waals surface area contributed by atoms with Crippen molar-refractivity contribution in [3.05, 3.63) is 72.9 Å². The molecule has 0 saturated carbocycles. The molecule has 1 aromatic heterocycles. The normalized spacial score (nSPS) is 15.5. The average molecular weight is 432 g/mol. The lowest BCUT2D eigenvalue weighted by molar-refractivity contribution is 0.102. The number of hydrogen-bond acceptors (Lipinski definition) is 2. The van der Waals surface area contributed by atoms with Crippen molar-refractivity contribution in [3.8, 4) is 0 Å². The Hall–Kier alpha value is -2.11. The molecule has 0 aliphatic carbocycles. The van der Waals surface area contributed by atoms with E-state index in [2.05, 4.69) is 28.2 Å². The lowest BCUT2D eigenvalue weighted by Crippen LogP contribution is -2.24. The van der Waals surface area contributed by atoms with Gasteiger partial charge in [0.2, 0.25) is 5.43 Å². The third-order valence-corrected chi connectivity index (χ3v) is 5.79. The Bertz CT molecular complexity index is 1140. The van der Waals surface area contributed by atoms with Crippen molar-refractivity contribution >= 4 is 50.0 Å². The molecule has 1 aliphatic heterocycles. The van der Waals surface area contributed by atoms with Gasteiger partial charge in [-0.05, 0) is 55.7 Å². The summed E-state index contributed by atoms with van der Waals surface area (Å²) >= 11 is 9.59. The number of aromatic nitrogens is 1. The monoisotopic (exact) mass is 430 g/mol. The second-order valence-corrected chi connectivity index (χ2v) is 7.98.